The fourth-order valence-corrected chi connectivity index (χ4v) is 4.30. The van der Waals surface area contributed by atoms with Crippen LogP contribution in [0.1, 0.15) is 32.8 Å². The number of nitrogens with zero attached hydrogens (tertiary/aromatic N) is 1. The summed E-state index contributed by atoms with van der Waals surface area (Å²) in [6, 6.07) is 5.13. The third-order valence-electron chi connectivity index (χ3n) is 4.08. The Morgan fingerprint density at radius 2 is 2.05 bits per heavy atom. The molecule has 0 aromatic heterocycles. The van der Waals surface area contributed by atoms with Gasteiger partial charge in [-0.1, -0.05) is 6.92 Å². The highest BCUT2D eigenvalue weighted by molar-refractivity contribution is 7.89. The van der Waals surface area contributed by atoms with E-state index in [1.807, 2.05) is 27.7 Å². The normalized spacial score (nSPS) is 23.7. The largest absolute Gasteiger partial charge is 0.491 e. The van der Waals surface area contributed by atoms with Crippen molar-refractivity contribution in [2.45, 2.75) is 51.2 Å². The van der Waals surface area contributed by atoms with E-state index in [1.54, 1.807) is 22.5 Å². The molecule has 1 aliphatic rings. The third-order valence-corrected chi connectivity index (χ3v) is 5.94. The van der Waals surface area contributed by atoms with Gasteiger partial charge < -0.3 is 10.5 Å². The lowest BCUT2D eigenvalue weighted by Crippen LogP contribution is -2.48. The molecule has 124 valence electrons. The molecule has 1 aliphatic heterocycles. The van der Waals surface area contributed by atoms with E-state index < -0.39 is 10.0 Å². The number of benzene rings is 1. The fraction of sp³-hybridized carbons (Fsp3) is 0.625. The van der Waals surface area contributed by atoms with Crippen LogP contribution in [-0.2, 0) is 10.0 Å². The van der Waals surface area contributed by atoms with Gasteiger partial charge in [0.2, 0.25) is 10.0 Å². The highest BCUT2D eigenvalue weighted by Gasteiger charge is 2.32. The number of ether oxygens (including phenoxy) is 1. The Labute approximate surface area is 133 Å². The van der Waals surface area contributed by atoms with E-state index in [9.17, 15) is 8.42 Å². The van der Waals surface area contributed by atoms with Gasteiger partial charge in [0.05, 0.1) is 11.0 Å². The van der Waals surface area contributed by atoms with Gasteiger partial charge in [0.15, 0.2) is 0 Å². The SMILES string of the molecule is Cc1cc(S(=O)(=O)N2CCC(N)C(C)C2)ccc1OC(C)C. The van der Waals surface area contributed by atoms with Crippen molar-refractivity contribution in [2.24, 2.45) is 11.7 Å². The van der Waals surface area contributed by atoms with Crippen LogP contribution in [0.5, 0.6) is 5.75 Å². The summed E-state index contributed by atoms with van der Waals surface area (Å²) < 4.78 is 32.7. The first-order valence-corrected chi connectivity index (χ1v) is 9.19. The zero-order valence-corrected chi connectivity index (χ0v) is 14.6. The second kappa shape index (κ2) is 6.56. The van der Waals surface area contributed by atoms with Crippen molar-refractivity contribution in [1.29, 1.82) is 0 Å². The van der Waals surface area contributed by atoms with Crippen LogP contribution in [-0.4, -0.2) is 38.0 Å². The van der Waals surface area contributed by atoms with Gasteiger partial charge in [-0.3, -0.25) is 0 Å². The topological polar surface area (TPSA) is 72.6 Å². The van der Waals surface area contributed by atoms with Gasteiger partial charge in [-0.25, -0.2) is 8.42 Å². The van der Waals surface area contributed by atoms with Gasteiger partial charge in [0, 0.05) is 19.1 Å². The average Bonchev–Trinajstić information content (AvgIpc) is 2.43. The molecule has 1 aromatic rings. The van der Waals surface area contributed by atoms with Crippen LogP contribution < -0.4 is 10.5 Å². The van der Waals surface area contributed by atoms with Crippen molar-refractivity contribution in [1.82, 2.24) is 4.31 Å². The second-order valence-electron chi connectivity index (χ2n) is 6.39. The summed E-state index contributed by atoms with van der Waals surface area (Å²) in [5, 5.41) is 0. The van der Waals surface area contributed by atoms with Crippen molar-refractivity contribution in [2.75, 3.05) is 13.1 Å². The second-order valence-corrected chi connectivity index (χ2v) is 8.32. The average molecular weight is 326 g/mol. The molecule has 1 aromatic carbocycles. The van der Waals surface area contributed by atoms with E-state index >= 15 is 0 Å². The van der Waals surface area contributed by atoms with Crippen LogP contribution in [0, 0.1) is 12.8 Å². The van der Waals surface area contributed by atoms with Gasteiger partial charge in [0.25, 0.3) is 0 Å². The van der Waals surface area contributed by atoms with E-state index in [-0.39, 0.29) is 18.1 Å². The molecule has 0 bridgehead atoms. The molecule has 0 saturated carbocycles. The number of hydrogen-bond acceptors (Lipinski definition) is 4. The first-order chi connectivity index (χ1) is 10.2. The summed E-state index contributed by atoms with van der Waals surface area (Å²) >= 11 is 0. The minimum Gasteiger partial charge on any atom is -0.491 e. The van der Waals surface area contributed by atoms with Gasteiger partial charge >= 0.3 is 0 Å². The molecule has 0 aliphatic carbocycles. The Bertz CT molecular complexity index is 628. The molecular formula is C16H26N2O3S. The molecule has 1 heterocycles. The van der Waals surface area contributed by atoms with E-state index in [2.05, 4.69) is 0 Å². The first-order valence-electron chi connectivity index (χ1n) is 7.75. The quantitative estimate of drug-likeness (QED) is 0.920. The molecule has 2 atom stereocenters. The summed E-state index contributed by atoms with van der Waals surface area (Å²) in [5.74, 6) is 0.899. The lowest BCUT2D eigenvalue weighted by atomic mass is 9.96. The molecular weight excluding hydrogens is 300 g/mol. The standard InChI is InChI=1S/C16H26N2O3S/c1-11(2)21-16-6-5-14(9-12(16)3)22(19,20)18-8-7-15(17)13(4)10-18/h5-6,9,11,13,15H,7-8,10,17H2,1-4H3. The van der Waals surface area contributed by atoms with Gasteiger partial charge in [-0.2, -0.15) is 4.31 Å². The summed E-state index contributed by atoms with van der Waals surface area (Å²) in [6.07, 6.45) is 0.763. The first kappa shape index (κ1) is 17.2. The van der Waals surface area contributed by atoms with Crippen molar-refractivity contribution in [3.8, 4) is 5.75 Å². The highest BCUT2D eigenvalue weighted by Crippen LogP contribution is 2.27. The van der Waals surface area contributed by atoms with Crippen molar-refractivity contribution in [3.63, 3.8) is 0 Å². The van der Waals surface area contributed by atoms with Crippen LogP contribution in [0.3, 0.4) is 0 Å². The lowest BCUT2D eigenvalue weighted by molar-refractivity contribution is 0.240. The molecule has 2 unspecified atom stereocenters. The monoisotopic (exact) mass is 326 g/mol. The Kier molecular flexibility index (Phi) is 5.14. The van der Waals surface area contributed by atoms with E-state index in [0.717, 1.165) is 11.3 Å². The molecule has 22 heavy (non-hydrogen) atoms. The summed E-state index contributed by atoms with van der Waals surface area (Å²) in [5.41, 5.74) is 6.80. The predicted molar refractivity (Wildman–Crippen MR) is 87.5 cm³/mol. The van der Waals surface area contributed by atoms with Gasteiger partial charge in [-0.05, 0) is 56.9 Å². The summed E-state index contributed by atoms with van der Waals surface area (Å²) in [4.78, 5) is 0.323. The molecule has 2 N–H and O–H groups in total. The summed E-state index contributed by atoms with van der Waals surface area (Å²) in [7, 11) is -3.46. The predicted octanol–water partition coefficient (Wildman–Crippen LogP) is 2.14. The van der Waals surface area contributed by atoms with E-state index in [1.165, 1.54) is 0 Å². The molecule has 2 rings (SSSR count). The molecule has 1 saturated heterocycles. The Hall–Kier alpha value is -1.11. The van der Waals surface area contributed by atoms with Crippen LogP contribution in [0.15, 0.2) is 23.1 Å². The number of aryl methyl sites for hydroxylation is 1. The van der Waals surface area contributed by atoms with E-state index in [0.29, 0.717) is 24.4 Å². The highest BCUT2D eigenvalue weighted by atomic mass is 32.2. The lowest BCUT2D eigenvalue weighted by Gasteiger charge is -2.34. The number of sulfonamides is 1. The van der Waals surface area contributed by atoms with Gasteiger partial charge in [0.1, 0.15) is 5.75 Å². The minimum atomic E-state index is -3.46. The maximum Gasteiger partial charge on any atom is 0.243 e. The number of rotatable bonds is 4. The third kappa shape index (κ3) is 3.62. The smallest absolute Gasteiger partial charge is 0.243 e. The van der Waals surface area contributed by atoms with Crippen LogP contribution >= 0.6 is 0 Å². The van der Waals surface area contributed by atoms with Crippen LogP contribution in [0.25, 0.3) is 0 Å². The maximum atomic E-state index is 12.8. The maximum absolute atomic E-state index is 12.8. The number of hydrogen-bond donors (Lipinski definition) is 1. The Balaban J connectivity index is 2.25. The summed E-state index contributed by atoms with van der Waals surface area (Å²) in [6.45, 7) is 8.72. The number of piperidine rings is 1. The van der Waals surface area contributed by atoms with Gasteiger partial charge in [-0.15, -0.1) is 0 Å². The Morgan fingerprint density at radius 3 is 2.59 bits per heavy atom. The molecule has 0 amide bonds. The molecule has 0 radical (unpaired) electrons. The van der Waals surface area contributed by atoms with Crippen molar-refractivity contribution < 1.29 is 13.2 Å². The van der Waals surface area contributed by atoms with E-state index in [4.69, 9.17) is 10.5 Å². The van der Waals surface area contributed by atoms with Crippen molar-refractivity contribution >= 4 is 10.0 Å². The molecule has 1 fully saturated rings. The zero-order valence-electron chi connectivity index (χ0n) is 13.7. The number of nitrogens with two attached hydrogens (primary N) is 1. The zero-order chi connectivity index (χ0) is 16.5. The minimum absolute atomic E-state index is 0.0607. The van der Waals surface area contributed by atoms with Crippen LogP contribution in [0.2, 0.25) is 0 Å². The Morgan fingerprint density at radius 1 is 1.36 bits per heavy atom. The molecule has 5 nitrogen and oxygen atoms in total. The molecule has 6 heteroatoms. The van der Waals surface area contributed by atoms with Crippen molar-refractivity contribution in [3.05, 3.63) is 23.8 Å². The van der Waals surface area contributed by atoms with Crippen LogP contribution in [0.4, 0.5) is 0 Å². The fourth-order valence-electron chi connectivity index (χ4n) is 2.66. The molecule has 0 spiro atoms.